The molecule has 0 bridgehead atoms. The number of hydrogen-bond donors (Lipinski definition) is 2. The lowest BCUT2D eigenvalue weighted by atomic mass is 10.2. The van der Waals surface area contributed by atoms with Crippen LogP contribution in [-0.4, -0.2) is 22.9 Å². The van der Waals surface area contributed by atoms with Crippen molar-refractivity contribution in [2.45, 2.75) is 5.16 Å². The minimum Gasteiger partial charge on any atom is -0.871 e. The summed E-state index contributed by atoms with van der Waals surface area (Å²) in [5.41, 5.74) is 4.86. The predicted octanol–water partition coefficient (Wildman–Crippen LogP) is 2.51. The summed E-state index contributed by atoms with van der Waals surface area (Å²) in [4.78, 5) is 18.3. The second-order valence-electron chi connectivity index (χ2n) is 5.01. The van der Waals surface area contributed by atoms with Crippen LogP contribution < -0.4 is 15.5 Å². The molecule has 3 rings (SSSR count). The Morgan fingerprint density at radius 3 is 2.96 bits per heavy atom. The topological polar surface area (TPSA) is 94.5 Å². The van der Waals surface area contributed by atoms with Crippen molar-refractivity contribution in [3.05, 3.63) is 49.1 Å². The first-order chi connectivity index (χ1) is 12.0. The number of H-pyrrole nitrogens is 2. The van der Waals surface area contributed by atoms with Crippen molar-refractivity contribution in [1.82, 2.24) is 10.4 Å². The van der Waals surface area contributed by atoms with Gasteiger partial charge in [-0.2, -0.15) is 5.10 Å². The Morgan fingerprint density at radius 1 is 1.36 bits per heavy atom. The van der Waals surface area contributed by atoms with Crippen LogP contribution in [0.1, 0.15) is 5.56 Å². The van der Waals surface area contributed by atoms with Gasteiger partial charge in [0.1, 0.15) is 0 Å². The van der Waals surface area contributed by atoms with Gasteiger partial charge in [0.2, 0.25) is 0 Å². The van der Waals surface area contributed by atoms with E-state index in [1.807, 2.05) is 46.9 Å². The first-order valence-corrected chi connectivity index (χ1v) is 10.3. The van der Waals surface area contributed by atoms with E-state index in [0.29, 0.717) is 9.13 Å². The number of nitrogens with one attached hydrogen (secondary N) is 3. The molecule has 1 aromatic heterocycles. The minimum absolute atomic E-state index is 0.0962. The molecular weight excluding hydrogens is 566 g/mol. The molecule has 0 saturated carbocycles. The van der Waals surface area contributed by atoms with Crippen molar-refractivity contribution in [2.75, 3.05) is 5.75 Å². The largest absolute Gasteiger partial charge is 0.871 e. The fraction of sp³-hybridized carbons (Fsp3) is 0.0625. The highest BCUT2D eigenvalue weighted by molar-refractivity contribution is 14.1. The standard InChI is InChI=1S/C16H12I2N4O2S/c17-10-5-9(15(24)11(18)6-10)7-19-22-14(23)8-25-16-20-12-3-1-2-4-13(12)21-16/h1-7,24H,8H2,(H,20,21)(H,22,23). The van der Waals surface area contributed by atoms with E-state index in [-0.39, 0.29) is 17.4 Å². The number of nitrogens with zero attached hydrogens (tertiary/aromatic N) is 1. The summed E-state index contributed by atoms with van der Waals surface area (Å²) in [6.45, 7) is 0. The van der Waals surface area contributed by atoms with Gasteiger partial charge < -0.3 is 5.11 Å². The number of benzene rings is 2. The molecule has 0 fully saturated rings. The monoisotopic (exact) mass is 578 g/mol. The normalized spacial score (nSPS) is 11.3. The molecule has 1 heterocycles. The molecule has 128 valence electrons. The van der Waals surface area contributed by atoms with Crippen molar-refractivity contribution in [2.24, 2.45) is 5.10 Å². The van der Waals surface area contributed by atoms with Crippen molar-refractivity contribution >= 4 is 80.1 Å². The third-order valence-electron chi connectivity index (χ3n) is 3.20. The van der Waals surface area contributed by atoms with Crippen LogP contribution in [0.2, 0.25) is 0 Å². The summed E-state index contributed by atoms with van der Waals surface area (Å²) in [7, 11) is 0. The number of hydrazone groups is 1. The van der Waals surface area contributed by atoms with Crippen LogP contribution in [0.5, 0.6) is 5.75 Å². The molecule has 0 unspecified atom stereocenters. The van der Waals surface area contributed by atoms with Crippen molar-refractivity contribution in [3.63, 3.8) is 0 Å². The average Bonchev–Trinajstić information content (AvgIpc) is 3.00. The molecule has 1 amide bonds. The number of carbonyl (C=O) groups is 1. The molecule has 0 saturated heterocycles. The summed E-state index contributed by atoms with van der Waals surface area (Å²) in [5.74, 6) is -0.142. The molecular formula is C16H12I2N4O2S. The lowest BCUT2D eigenvalue weighted by Crippen LogP contribution is -2.20. The van der Waals surface area contributed by atoms with Crippen LogP contribution in [0, 0.1) is 7.14 Å². The number of para-hydroxylation sites is 2. The maximum Gasteiger partial charge on any atom is 0.315 e. The van der Waals surface area contributed by atoms with Crippen molar-refractivity contribution in [1.29, 1.82) is 0 Å². The lowest BCUT2D eigenvalue weighted by molar-refractivity contribution is -0.396. The maximum atomic E-state index is 12.0. The minimum atomic E-state index is -0.249. The van der Waals surface area contributed by atoms with E-state index in [1.54, 1.807) is 12.1 Å². The Labute approximate surface area is 175 Å². The van der Waals surface area contributed by atoms with Crippen LogP contribution in [0.3, 0.4) is 0 Å². The second-order valence-corrected chi connectivity index (χ2v) is 8.41. The number of rotatable bonds is 5. The average molecular weight is 578 g/mol. The lowest BCUT2D eigenvalue weighted by Gasteiger charge is -2.12. The van der Waals surface area contributed by atoms with Gasteiger partial charge >= 0.3 is 5.16 Å². The van der Waals surface area contributed by atoms with Crippen LogP contribution in [0.25, 0.3) is 11.0 Å². The zero-order chi connectivity index (χ0) is 17.8. The van der Waals surface area contributed by atoms with Crippen LogP contribution in [0.15, 0.2) is 46.7 Å². The van der Waals surface area contributed by atoms with Gasteiger partial charge in [0.05, 0.1) is 12.0 Å². The Kier molecular flexibility index (Phi) is 6.17. The number of aromatic amines is 2. The molecule has 0 aliphatic rings. The molecule has 0 radical (unpaired) electrons. The number of halogens is 2. The number of imidazole rings is 1. The highest BCUT2D eigenvalue weighted by Gasteiger charge is 2.11. The molecule has 25 heavy (non-hydrogen) atoms. The van der Waals surface area contributed by atoms with E-state index in [1.165, 1.54) is 18.0 Å². The number of amides is 1. The molecule has 0 spiro atoms. The Balaban J connectivity index is 1.56. The first kappa shape index (κ1) is 18.5. The first-order valence-electron chi connectivity index (χ1n) is 7.14. The Hall–Kier alpha value is -1.34. The number of carbonyl (C=O) groups excluding carboxylic acids is 1. The number of fused-ring (bicyclic) bond motifs is 1. The molecule has 3 N–H and O–H groups in total. The van der Waals surface area contributed by atoms with Gasteiger partial charge in [-0.25, -0.2) is 15.4 Å². The van der Waals surface area contributed by atoms with E-state index >= 15 is 0 Å². The molecule has 0 aliphatic heterocycles. The highest BCUT2D eigenvalue weighted by atomic mass is 127. The van der Waals surface area contributed by atoms with Crippen LogP contribution in [0.4, 0.5) is 0 Å². The zero-order valence-corrected chi connectivity index (χ0v) is 17.8. The summed E-state index contributed by atoms with van der Waals surface area (Å²) in [6.07, 6.45) is 1.38. The number of aromatic nitrogens is 2. The van der Waals surface area contributed by atoms with Crippen molar-refractivity contribution < 1.29 is 14.9 Å². The molecule has 0 atom stereocenters. The van der Waals surface area contributed by atoms with Crippen molar-refractivity contribution in [3.8, 4) is 5.75 Å². The van der Waals surface area contributed by atoms with Crippen LogP contribution >= 0.6 is 56.9 Å². The zero-order valence-electron chi connectivity index (χ0n) is 12.7. The van der Waals surface area contributed by atoms with E-state index in [0.717, 1.165) is 19.8 Å². The van der Waals surface area contributed by atoms with Gasteiger partial charge in [0.25, 0.3) is 5.91 Å². The summed E-state index contributed by atoms with van der Waals surface area (Å²) < 4.78 is 1.57. The second kappa shape index (κ2) is 8.36. The van der Waals surface area contributed by atoms with Gasteiger partial charge in [-0.3, -0.25) is 4.79 Å². The van der Waals surface area contributed by atoms with E-state index in [9.17, 15) is 9.90 Å². The highest BCUT2D eigenvalue weighted by Crippen LogP contribution is 2.23. The summed E-state index contributed by atoms with van der Waals surface area (Å²) in [5, 5.41) is 16.6. The smallest absolute Gasteiger partial charge is 0.315 e. The quantitative estimate of drug-likeness (QED) is 0.211. The fourth-order valence-corrected chi connectivity index (χ4v) is 4.66. The fourth-order valence-electron chi connectivity index (χ4n) is 2.07. The predicted molar refractivity (Wildman–Crippen MR) is 113 cm³/mol. The maximum absolute atomic E-state index is 12.0. The Morgan fingerprint density at radius 2 is 2.16 bits per heavy atom. The van der Waals surface area contributed by atoms with Gasteiger partial charge in [-0.15, -0.1) is 0 Å². The summed E-state index contributed by atoms with van der Waals surface area (Å²) in [6, 6.07) is 11.3. The third-order valence-corrected chi connectivity index (χ3v) is 5.52. The third kappa shape index (κ3) is 4.85. The van der Waals surface area contributed by atoms with Gasteiger partial charge in [0, 0.05) is 7.14 Å². The van der Waals surface area contributed by atoms with Crippen LogP contribution in [-0.2, 0) is 4.79 Å². The SMILES string of the molecule is O=C(CSc1[nH]c2ccccc2[nH+]1)NN=Cc1cc(I)cc(I)c1[O-]. The molecule has 6 nitrogen and oxygen atoms in total. The van der Waals surface area contributed by atoms with E-state index < -0.39 is 0 Å². The number of hydrogen-bond acceptors (Lipinski definition) is 4. The molecule has 0 aliphatic carbocycles. The Bertz CT molecular complexity index is 925. The molecule has 3 aromatic rings. The van der Waals surface area contributed by atoms with E-state index in [4.69, 9.17) is 0 Å². The molecule has 2 aromatic carbocycles. The number of thioether (sulfide) groups is 1. The summed E-state index contributed by atoms with van der Waals surface area (Å²) >= 11 is 5.47. The van der Waals surface area contributed by atoms with Gasteiger partial charge in [-0.1, -0.05) is 17.9 Å². The van der Waals surface area contributed by atoms with Gasteiger partial charge in [0.15, 0.2) is 11.0 Å². The molecule has 9 heteroatoms. The van der Waals surface area contributed by atoms with E-state index in [2.05, 4.69) is 43.1 Å². The van der Waals surface area contributed by atoms with Gasteiger partial charge in [-0.05, 0) is 86.8 Å².